The highest BCUT2D eigenvalue weighted by Crippen LogP contribution is 1.82. The summed E-state index contributed by atoms with van der Waals surface area (Å²) in [5.41, 5.74) is 4.29. The molecular formula is C5H10N2O5S. The van der Waals surface area contributed by atoms with E-state index >= 15 is 0 Å². The lowest BCUT2D eigenvalue weighted by molar-refractivity contribution is -0.137. The van der Waals surface area contributed by atoms with Crippen LogP contribution in [0.5, 0.6) is 0 Å². The first kappa shape index (κ1) is 14.1. The van der Waals surface area contributed by atoms with Gasteiger partial charge in [0.05, 0.1) is 0 Å². The lowest BCUT2D eigenvalue weighted by atomic mass is 10.4. The van der Waals surface area contributed by atoms with Gasteiger partial charge < -0.3 is 10.8 Å². The minimum Gasteiger partial charge on any atom is -0.481 e. The highest BCUT2D eigenvalue weighted by molar-refractivity contribution is 7.62. The van der Waals surface area contributed by atoms with Crippen molar-refractivity contribution in [3.63, 3.8) is 0 Å². The van der Waals surface area contributed by atoms with Crippen molar-refractivity contribution in [1.29, 1.82) is 0 Å². The molecule has 0 unspecified atom stereocenters. The lowest BCUT2D eigenvalue weighted by Gasteiger charge is -1.79. The summed E-state index contributed by atoms with van der Waals surface area (Å²) in [5, 5.41) is 7.91. The fourth-order valence-electron chi connectivity index (χ4n) is 0.287. The van der Waals surface area contributed by atoms with Gasteiger partial charge in [-0.15, -0.1) is 0 Å². The number of rotatable bonds is 2. The Hall–Kier alpha value is -1.44. The number of nitrogens with two attached hydrogens (primary N) is 1. The minimum atomic E-state index is -2.70. The van der Waals surface area contributed by atoms with Crippen molar-refractivity contribution in [2.24, 2.45) is 10.1 Å². The fraction of sp³-hybridized carbons (Fsp3) is 0.600. The van der Waals surface area contributed by atoms with Gasteiger partial charge in [0.15, 0.2) is 0 Å². The van der Waals surface area contributed by atoms with Crippen LogP contribution < -0.4 is 5.73 Å². The van der Waals surface area contributed by atoms with Crippen molar-refractivity contribution >= 4 is 22.5 Å². The summed E-state index contributed by atoms with van der Waals surface area (Å²) < 4.78 is 21.0. The first-order chi connectivity index (χ1) is 5.90. The molecule has 0 radical (unpaired) electrons. The Bertz CT molecular complexity index is 286. The summed E-state index contributed by atoms with van der Waals surface area (Å²) >= 11 is 0. The van der Waals surface area contributed by atoms with Crippen LogP contribution in [0.4, 0.5) is 4.79 Å². The SMILES string of the molecule is CCCC(=O)O.NC(=O)N=S(=O)=O. The van der Waals surface area contributed by atoms with Crippen molar-refractivity contribution in [2.75, 3.05) is 0 Å². The zero-order valence-corrected chi connectivity index (χ0v) is 7.74. The van der Waals surface area contributed by atoms with E-state index in [-0.39, 0.29) is 0 Å². The van der Waals surface area contributed by atoms with Crippen LogP contribution in [0.15, 0.2) is 4.36 Å². The maximum atomic E-state index is 9.60. The van der Waals surface area contributed by atoms with Gasteiger partial charge in [0.25, 0.3) is 0 Å². The molecule has 0 spiro atoms. The van der Waals surface area contributed by atoms with E-state index in [4.69, 9.17) is 5.11 Å². The molecule has 0 aliphatic carbocycles. The number of carboxylic acids is 1. The lowest BCUT2D eigenvalue weighted by Crippen LogP contribution is -2.02. The molecule has 0 saturated heterocycles. The Morgan fingerprint density at radius 2 is 1.92 bits per heavy atom. The van der Waals surface area contributed by atoms with Gasteiger partial charge >= 0.3 is 22.5 Å². The number of hydrogen-bond donors (Lipinski definition) is 2. The smallest absolute Gasteiger partial charge is 0.353 e. The van der Waals surface area contributed by atoms with Crippen LogP contribution in [0.1, 0.15) is 19.8 Å². The Morgan fingerprint density at radius 1 is 1.46 bits per heavy atom. The molecule has 8 heteroatoms. The van der Waals surface area contributed by atoms with Gasteiger partial charge in [-0.2, -0.15) is 8.42 Å². The number of carbonyl (C=O) groups is 2. The molecule has 0 bridgehead atoms. The summed E-state index contributed by atoms with van der Waals surface area (Å²) in [5.74, 6) is -0.711. The standard InChI is InChI=1S/C4H8O2.CH2N2O3S/c1-2-3-4(5)6;2-1(4)3-7(5)6/h2-3H2,1H3,(H,5,6);(H2,2,4). The predicted molar refractivity (Wildman–Crippen MR) is 43.5 cm³/mol. The van der Waals surface area contributed by atoms with Crippen molar-refractivity contribution in [3.05, 3.63) is 0 Å². The van der Waals surface area contributed by atoms with Crippen molar-refractivity contribution in [1.82, 2.24) is 0 Å². The van der Waals surface area contributed by atoms with E-state index in [2.05, 4.69) is 10.1 Å². The predicted octanol–water partition coefficient (Wildman–Crippen LogP) is -0.00110. The summed E-state index contributed by atoms with van der Waals surface area (Å²) in [6, 6.07) is -1.20. The van der Waals surface area contributed by atoms with Crippen LogP contribution >= 0.6 is 0 Å². The molecule has 2 amide bonds. The van der Waals surface area contributed by atoms with Gasteiger partial charge in [-0.1, -0.05) is 11.3 Å². The molecule has 3 N–H and O–H groups in total. The molecule has 0 aliphatic heterocycles. The molecule has 7 nitrogen and oxygen atoms in total. The van der Waals surface area contributed by atoms with E-state index in [0.29, 0.717) is 6.42 Å². The summed E-state index contributed by atoms with van der Waals surface area (Å²) in [6.45, 7) is 1.84. The monoisotopic (exact) mass is 210 g/mol. The Morgan fingerprint density at radius 3 is 1.92 bits per heavy atom. The normalized spacial score (nSPS) is 7.77. The van der Waals surface area contributed by atoms with Gasteiger partial charge in [0, 0.05) is 6.42 Å². The summed E-state index contributed by atoms with van der Waals surface area (Å²) in [4.78, 5) is 19.1. The van der Waals surface area contributed by atoms with Gasteiger partial charge in [-0.25, -0.2) is 4.79 Å². The van der Waals surface area contributed by atoms with Crippen LogP contribution in [0.2, 0.25) is 0 Å². The van der Waals surface area contributed by atoms with E-state index in [1.807, 2.05) is 6.92 Å². The summed E-state index contributed by atoms with van der Waals surface area (Å²) in [6.07, 6.45) is 1.02. The highest BCUT2D eigenvalue weighted by Gasteiger charge is 1.87. The van der Waals surface area contributed by atoms with Gasteiger partial charge in [0.1, 0.15) is 0 Å². The second-order valence-electron chi connectivity index (χ2n) is 1.79. The third-order valence-electron chi connectivity index (χ3n) is 0.628. The first-order valence-corrected chi connectivity index (χ1v) is 4.25. The maximum absolute atomic E-state index is 9.60. The van der Waals surface area contributed by atoms with Crippen molar-refractivity contribution in [2.45, 2.75) is 19.8 Å². The van der Waals surface area contributed by atoms with Crippen LogP contribution in [0, 0.1) is 0 Å². The largest absolute Gasteiger partial charge is 0.481 e. The van der Waals surface area contributed by atoms with E-state index in [1.54, 1.807) is 0 Å². The molecule has 76 valence electrons. The maximum Gasteiger partial charge on any atom is 0.353 e. The topological polar surface area (TPSA) is 127 Å². The highest BCUT2D eigenvalue weighted by atomic mass is 32.2. The van der Waals surface area contributed by atoms with E-state index < -0.39 is 22.5 Å². The molecule has 0 aromatic heterocycles. The number of nitrogens with zero attached hydrogens (tertiary/aromatic N) is 1. The quantitative estimate of drug-likeness (QED) is 0.663. The molecule has 0 saturated carbocycles. The third-order valence-corrected chi connectivity index (χ3v) is 0.957. The Balaban J connectivity index is 0. The Labute approximate surface area is 76.3 Å². The number of primary amides is 1. The van der Waals surface area contributed by atoms with E-state index in [1.165, 1.54) is 0 Å². The molecule has 0 atom stereocenters. The zero-order chi connectivity index (χ0) is 10.9. The third kappa shape index (κ3) is 25.0. The fourth-order valence-corrected chi connectivity index (χ4v) is 0.434. The number of amides is 2. The van der Waals surface area contributed by atoms with Crippen LogP contribution in [0.25, 0.3) is 0 Å². The number of carbonyl (C=O) groups excluding carboxylic acids is 1. The number of urea groups is 1. The molecule has 0 aromatic rings. The van der Waals surface area contributed by atoms with E-state index in [9.17, 15) is 18.0 Å². The first-order valence-electron chi connectivity index (χ1n) is 3.22. The summed E-state index contributed by atoms with van der Waals surface area (Å²) in [7, 11) is -2.70. The molecule has 0 aromatic carbocycles. The van der Waals surface area contributed by atoms with Crippen LogP contribution in [0.3, 0.4) is 0 Å². The zero-order valence-electron chi connectivity index (χ0n) is 6.93. The molecule has 0 fully saturated rings. The number of hydrogen-bond acceptors (Lipinski definition) is 4. The average molecular weight is 210 g/mol. The van der Waals surface area contributed by atoms with Gasteiger partial charge in [0.2, 0.25) is 0 Å². The van der Waals surface area contributed by atoms with Crippen molar-refractivity contribution in [3.8, 4) is 0 Å². The molecule has 0 aliphatic rings. The second kappa shape index (κ2) is 8.65. The van der Waals surface area contributed by atoms with Gasteiger partial charge in [-0.05, 0) is 6.42 Å². The second-order valence-corrected chi connectivity index (χ2v) is 2.41. The number of carboxylic acid groups (broad SMARTS) is 1. The Kier molecular flexibility index (Phi) is 9.39. The molecule has 0 rings (SSSR count). The molecule has 13 heavy (non-hydrogen) atoms. The average Bonchev–Trinajstić information content (AvgIpc) is 1.83. The number of aliphatic carboxylic acids is 1. The van der Waals surface area contributed by atoms with Crippen molar-refractivity contribution < 1.29 is 23.1 Å². The van der Waals surface area contributed by atoms with E-state index in [0.717, 1.165) is 6.42 Å². The van der Waals surface area contributed by atoms with Gasteiger partial charge in [-0.3, -0.25) is 4.79 Å². The molecular weight excluding hydrogens is 200 g/mol. The molecule has 0 heterocycles. The van der Waals surface area contributed by atoms with Crippen LogP contribution in [-0.2, 0) is 15.3 Å². The van der Waals surface area contributed by atoms with Crippen LogP contribution in [-0.4, -0.2) is 25.5 Å². The minimum absolute atomic E-state index is 0.292.